The molecule has 7 heteroatoms. The number of amides is 1. The second-order valence-electron chi connectivity index (χ2n) is 8.54. The van der Waals surface area contributed by atoms with E-state index in [4.69, 9.17) is 0 Å². The minimum Gasteiger partial charge on any atom is -0.529 e. The molecule has 0 radical (unpaired) electrons. The zero-order valence-corrected chi connectivity index (χ0v) is 23.3. The SMILES string of the molecule is CCCc1cccc(CCC)c1N(C(=O)[O-])S(=O)(=O)c1c(C(C)C)cccc1C(C)C.[Na+]. The minimum absolute atomic E-state index is 0. The molecule has 0 fully saturated rings. The van der Waals surface area contributed by atoms with Crippen molar-refractivity contribution in [2.75, 3.05) is 4.31 Å². The van der Waals surface area contributed by atoms with Gasteiger partial charge in [-0.15, -0.1) is 0 Å². The zero-order valence-electron chi connectivity index (χ0n) is 20.4. The van der Waals surface area contributed by atoms with Crippen LogP contribution in [0.3, 0.4) is 0 Å². The number of hydrogen-bond acceptors (Lipinski definition) is 4. The molecular formula is C25H34NNaO4S. The fourth-order valence-electron chi connectivity index (χ4n) is 4.03. The first-order valence-corrected chi connectivity index (χ1v) is 12.5. The summed E-state index contributed by atoms with van der Waals surface area (Å²) in [6.45, 7) is 11.6. The van der Waals surface area contributed by atoms with Gasteiger partial charge in [0.15, 0.2) is 6.09 Å². The molecule has 0 aliphatic heterocycles. The van der Waals surface area contributed by atoms with E-state index in [1.54, 1.807) is 24.3 Å². The number of para-hydroxylation sites is 1. The molecule has 0 saturated carbocycles. The Balaban J connectivity index is 0.00000512. The van der Waals surface area contributed by atoms with Gasteiger partial charge in [-0.25, -0.2) is 12.7 Å². The number of anilines is 1. The molecule has 32 heavy (non-hydrogen) atoms. The number of carboxylic acid groups (broad SMARTS) is 1. The number of rotatable bonds is 9. The van der Waals surface area contributed by atoms with Crippen molar-refractivity contribution in [3.05, 3.63) is 58.7 Å². The van der Waals surface area contributed by atoms with Gasteiger partial charge in [0.1, 0.15) is 0 Å². The Morgan fingerprint density at radius 1 is 0.875 bits per heavy atom. The van der Waals surface area contributed by atoms with Gasteiger partial charge < -0.3 is 9.90 Å². The summed E-state index contributed by atoms with van der Waals surface area (Å²) in [5.41, 5.74) is 2.87. The van der Waals surface area contributed by atoms with Crippen molar-refractivity contribution < 1.29 is 47.9 Å². The number of carbonyl (C=O) groups excluding carboxylic acids is 1. The van der Waals surface area contributed by atoms with E-state index in [-0.39, 0.29) is 52.0 Å². The molecule has 0 spiro atoms. The predicted molar refractivity (Wildman–Crippen MR) is 124 cm³/mol. The van der Waals surface area contributed by atoms with Crippen molar-refractivity contribution in [1.29, 1.82) is 0 Å². The van der Waals surface area contributed by atoms with Crippen molar-refractivity contribution in [3.63, 3.8) is 0 Å². The van der Waals surface area contributed by atoms with Crippen LogP contribution >= 0.6 is 0 Å². The summed E-state index contributed by atoms with van der Waals surface area (Å²) in [5.74, 6) is -0.179. The zero-order chi connectivity index (χ0) is 23.3. The van der Waals surface area contributed by atoms with Crippen LogP contribution in [0.15, 0.2) is 41.3 Å². The summed E-state index contributed by atoms with van der Waals surface area (Å²) in [7, 11) is -4.42. The number of sulfonamides is 1. The van der Waals surface area contributed by atoms with E-state index >= 15 is 0 Å². The third-order valence-electron chi connectivity index (χ3n) is 5.43. The maximum atomic E-state index is 14.0. The molecule has 2 rings (SSSR count). The first-order chi connectivity index (χ1) is 14.6. The number of hydrogen-bond donors (Lipinski definition) is 0. The summed E-state index contributed by atoms with van der Waals surface area (Å²) < 4.78 is 28.6. The predicted octanol–water partition coefficient (Wildman–Crippen LogP) is 2.38. The summed E-state index contributed by atoms with van der Waals surface area (Å²) in [4.78, 5) is 12.5. The van der Waals surface area contributed by atoms with Gasteiger partial charge in [0.25, 0.3) is 10.0 Å². The molecule has 170 valence electrons. The average molecular weight is 468 g/mol. The van der Waals surface area contributed by atoms with E-state index in [0.29, 0.717) is 39.4 Å². The van der Waals surface area contributed by atoms with Crippen molar-refractivity contribution in [2.24, 2.45) is 0 Å². The Morgan fingerprint density at radius 2 is 1.28 bits per heavy atom. The molecule has 0 bridgehead atoms. The normalized spacial score (nSPS) is 11.5. The van der Waals surface area contributed by atoms with Crippen LogP contribution in [0.5, 0.6) is 0 Å². The minimum atomic E-state index is -4.42. The second kappa shape index (κ2) is 12.2. The number of nitrogens with zero attached hydrogens (tertiary/aromatic N) is 1. The monoisotopic (exact) mass is 467 g/mol. The summed E-state index contributed by atoms with van der Waals surface area (Å²) in [6.07, 6.45) is 0.964. The third-order valence-corrected chi connectivity index (χ3v) is 7.23. The van der Waals surface area contributed by atoms with Gasteiger partial charge in [0, 0.05) is 0 Å². The Kier molecular flexibility index (Phi) is 11.0. The maximum absolute atomic E-state index is 14.0. The molecule has 0 heterocycles. The summed E-state index contributed by atoms with van der Waals surface area (Å²) in [6, 6.07) is 10.8. The topological polar surface area (TPSA) is 77.5 Å². The number of benzene rings is 2. The van der Waals surface area contributed by atoms with Gasteiger partial charge >= 0.3 is 29.6 Å². The molecule has 2 aromatic carbocycles. The smallest absolute Gasteiger partial charge is 0.529 e. The van der Waals surface area contributed by atoms with Crippen LogP contribution in [-0.2, 0) is 22.9 Å². The fourth-order valence-corrected chi connectivity index (χ4v) is 6.09. The van der Waals surface area contributed by atoms with Crippen LogP contribution in [0, 0.1) is 0 Å². The maximum Gasteiger partial charge on any atom is 1.00 e. The van der Waals surface area contributed by atoms with Crippen LogP contribution in [0.1, 0.15) is 88.5 Å². The molecular weight excluding hydrogens is 433 g/mol. The van der Waals surface area contributed by atoms with Crippen LogP contribution in [0.4, 0.5) is 10.5 Å². The largest absolute Gasteiger partial charge is 1.00 e. The first-order valence-electron chi connectivity index (χ1n) is 11.1. The first kappa shape index (κ1) is 28.7. The van der Waals surface area contributed by atoms with Crippen LogP contribution < -0.4 is 39.0 Å². The molecule has 0 atom stereocenters. The van der Waals surface area contributed by atoms with E-state index < -0.39 is 16.1 Å². The Hall–Kier alpha value is -1.34. The fraction of sp³-hybridized carbons (Fsp3) is 0.480. The molecule has 0 N–H and O–H groups in total. The van der Waals surface area contributed by atoms with E-state index in [0.717, 1.165) is 12.8 Å². The van der Waals surface area contributed by atoms with Gasteiger partial charge in [-0.2, -0.15) is 0 Å². The molecule has 0 aliphatic carbocycles. The summed E-state index contributed by atoms with van der Waals surface area (Å²) >= 11 is 0. The summed E-state index contributed by atoms with van der Waals surface area (Å²) in [5, 5.41) is 12.4. The van der Waals surface area contributed by atoms with Gasteiger partial charge in [0.05, 0.1) is 10.6 Å². The van der Waals surface area contributed by atoms with Gasteiger partial charge in [-0.05, 0) is 46.9 Å². The van der Waals surface area contributed by atoms with Crippen LogP contribution in [-0.4, -0.2) is 14.5 Å². The van der Waals surface area contributed by atoms with E-state index in [1.165, 1.54) is 0 Å². The molecule has 0 aromatic heterocycles. The van der Waals surface area contributed by atoms with E-state index in [9.17, 15) is 18.3 Å². The van der Waals surface area contributed by atoms with E-state index in [1.807, 2.05) is 53.7 Å². The van der Waals surface area contributed by atoms with Crippen molar-refractivity contribution >= 4 is 21.8 Å². The average Bonchev–Trinajstić information content (AvgIpc) is 2.69. The Bertz CT molecular complexity index is 982. The standard InChI is InChI=1S/C25H35NO4S.Na/c1-7-11-19-13-9-14-20(12-8-2)23(19)26(25(27)28)31(29,30)24-21(17(3)4)15-10-16-22(24)18(5)6;/h9-10,13-18H,7-8,11-12H2,1-6H3,(H,27,28);/q;+1/p-1. The molecule has 5 nitrogen and oxygen atoms in total. The quantitative estimate of drug-likeness (QED) is 0.531. The van der Waals surface area contributed by atoms with Gasteiger partial charge in [0.2, 0.25) is 0 Å². The van der Waals surface area contributed by atoms with Gasteiger partial charge in [-0.1, -0.05) is 90.8 Å². The van der Waals surface area contributed by atoms with E-state index in [2.05, 4.69) is 0 Å². The molecule has 1 amide bonds. The number of aryl methyl sites for hydroxylation is 2. The van der Waals surface area contributed by atoms with Crippen molar-refractivity contribution in [2.45, 2.75) is 84.0 Å². The number of carbonyl (C=O) groups is 1. The van der Waals surface area contributed by atoms with Gasteiger partial charge in [-0.3, -0.25) is 0 Å². The Morgan fingerprint density at radius 3 is 1.62 bits per heavy atom. The van der Waals surface area contributed by atoms with Crippen LogP contribution in [0.25, 0.3) is 0 Å². The second-order valence-corrected chi connectivity index (χ2v) is 10.3. The third kappa shape index (κ3) is 5.96. The Labute approximate surface area is 215 Å². The molecule has 0 aliphatic rings. The van der Waals surface area contributed by atoms with Crippen molar-refractivity contribution in [1.82, 2.24) is 0 Å². The van der Waals surface area contributed by atoms with Crippen LogP contribution in [0.2, 0.25) is 0 Å². The van der Waals surface area contributed by atoms with Crippen molar-refractivity contribution in [3.8, 4) is 0 Å². The molecule has 0 saturated heterocycles. The molecule has 0 unspecified atom stereocenters. The molecule has 2 aromatic rings.